The molecule has 1 aromatic rings. The Morgan fingerprint density at radius 3 is 2.19 bits per heavy atom. The Morgan fingerprint density at radius 2 is 1.65 bits per heavy atom. The van der Waals surface area contributed by atoms with Crippen LogP contribution in [0.5, 0.6) is 0 Å². The minimum Gasteiger partial charge on any atom is -0.467 e. The summed E-state index contributed by atoms with van der Waals surface area (Å²) in [6.07, 6.45) is 2.24. The van der Waals surface area contributed by atoms with E-state index in [1.54, 1.807) is 20.8 Å². The van der Waals surface area contributed by atoms with Crippen molar-refractivity contribution in [2.45, 2.75) is 85.3 Å². The molecule has 0 radical (unpaired) electrons. The second-order valence-electron chi connectivity index (χ2n) is 8.05. The quantitative estimate of drug-likeness (QED) is 0.421. The summed E-state index contributed by atoms with van der Waals surface area (Å²) in [5.41, 5.74) is 1.69. The lowest BCUT2D eigenvalue weighted by Gasteiger charge is -2.22. The molecule has 1 rings (SSSR count). The Balaban J connectivity index is 0.00000436. The standard InChI is InChI=1S/C22H34N2O5.C2H6/c1-16-9-11-17(12-10-16)13-14-19(25)23-15-7-6-8-18(20(26)28-5)24-21(27)29-22(2,3)4;1-2/h9-12,18H,6-8,13-15H2,1-5H3,(H,23,25)(H,24,27);1-2H3. The minimum atomic E-state index is -0.771. The molecule has 0 saturated heterocycles. The lowest BCUT2D eigenvalue weighted by molar-refractivity contribution is -0.143. The van der Waals surface area contributed by atoms with Crippen LogP contribution in [0.1, 0.15) is 71.4 Å². The third kappa shape index (κ3) is 14.1. The molecule has 7 nitrogen and oxygen atoms in total. The van der Waals surface area contributed by atoms with Gasteiger partial charge in [0.1, 0.15) is 11.6 Å². The maximum Gasteiger partial charge on any atom is 0.408 e. The molecular weight excluding hydrogens is 396 g/mol. The average Bonchev–Trinajstić information content (AvgIpc) is 2.71. The molecule has 0 spiro atoms. The molecule has 1 unspecified atom stereocenters. The number of hydrogen-bond acceptors (Lipinski definition) is 5. The van der Waals surface area contributed by atoms with E-state index in [4.69, 9.17) is 9.47 Å². The van der Waals surface area contributed by atoms with E-state index in [0.29, 0.717) is 38.6 Å². The predicted octanol–water partition coefficient (Wildman–Crippen LogP) is 4.31. The normalized spacial score (nSPS) is 11.5. The Morgan fingerprint density at radius 1 is 1.03 bits per heavy atom. The molecular formula is C24H40N2O5. The Bertz CT molecular complexity index is 666. The van der Waals surface area contributed by atoms with Gasteiger partial charge in [-0.1, -0.05) is 43.7 Å². The van der Waals surface area contributed by atoms with Crippen LogP contribution in [0.2, 0.25) is 0 Å². The van der Waals surface area contributed by atoms with Gasteiger partial charge in [-0.15, -0.1) is 0 Å². The third-order valence-electron chi connectivity index (χ3n) is 4.18. The van der Waals surface area contributed by atoms with E-state index < -0.39 is 23.7 Å². The molecule has 0 heterocycles. The Labute approximate surface area is 187 Å². The number of ether oxygens (including phenoxy) is 2. The first kappa shape index (κ1) is 28.4. The van der Waals surface area contributed by atoms with Crippen LogP contribution in [-0.2, 0) is 25.5 Å². The number of carbonyl (C=O) groups excluding carboxylic acids is 3. The largest absolute Gasteiger partial charge is 0.467 e. The molecule has 0 aliphatic heterocycles. The number of carbonyl (C=O) groups is 3. The summed E-state index contributed by atoms with van der Waals surface area (Å²) in [7, 11) is 1.28. The number of nitrogens with one attached hydrogen (secondary N) is 2. The number of amides is 2. The van der Waals surface area contributed by atoms with Gasteiger partial charge >= 0.3 is 12.1 Å². The van der Waals surface area contributed by atoms with E-state index in [1.165, 1.54) is 12.7 Å². The van der Waals surface area contributed by atoms with Gasteiger partial charge in [0, 0.05) is 13.0 Å². The molecule has 7 heteroatoms. The molecule has 31 heavy (non-hydrogen) atoms. The van der Waals surface area contributed by atoms with Crippen molar-refractivity contribution in [2.24, 2.45) is 0 Å². The number of esters is 1. The SMILES string of the molecule is CC.COC(=O)C(CCCCNC(=O)CCc1ccc(C)cc1)NC(=O)OC(C)(C)C. The Kier molecular flexibility index (Phi) is 14.0. The molecule has 1 atom stereocenters. The third-order valence-corrected chi connectivity index (χ3v) is 4.18. The number of unbranched alkanes of at least 4 members (excludes halogenated alkanes) is 1. The number of aryl methyl sites for hydroxylation is 2. The van der Waals surface area contributed by atoms with Gasteiger partial charge in [0.2, 0.25) is 5.91 Å². The van der Waals surface area contributed by atoms with Crippen LogP contribution in [-0.4, -0.2) is 43.3 Å². The van der Waals surface area contributed by atoms with Crippen LogP contribution in [0.15, 0.2) is 24.3 Å². The van der Waals surface area contributed by atoms with Gasteiger partial charge in [0.15, 0.2) is 0 Å². The summed E-state index contributed by atoms with van der Waals surface area (Å²) in [6.45, 7) is 11.8. The molecule has 0 fully saturated rings. The second kappa shape index (κ2) is 15.3. The van der Waals surface area contributed by atoms with Crippen LogP contribution in [0.4, 0.5) is 4.79 Å². The maximum atomic E-state index is 12.0. The van der Waals surface area contributed by atoms with Gasteiger partial charge in [-0.3, -0.25) is 4.79 Å². The molecule has 0 aliphatic carbocycles. The van der Waals surface area contributed by atoms with Crippen molar-refractivity contribution in [3.63, 3.8) is 0 Å². The van der Waals surface area contributed by atoms with Crippen molar-refractivity contribution in [1.29, 1.82) is 0 Å². The van der Waals surface area contributed by atoms with Gasteiger partial charge in [-0.25, -0.2) is 9.59 Å². The first-order chi connectivity index (χ1) is 14.6. The van der Waals surface area contributed by atoms with Crippen molar-refractivity contribution in [2.75, 3.05) is 13.7 Å². The number of methoxy groups -OCH3 is 1. The van der Waals surface area contributed by atoms with Crippen LogP contribution in [0.3, 0.4) is 0 Å². The molecule has 2 amide bonds. The molecule has 1 aromatic carbocycles. The van der Waals surface area contributed by atoms with Gasteiger partial charge in [-0.2, -0.15) is 0 Å². The molecule has 176 valence electrons. The summed E-state index contributed by atoms with van der Waals surface area (Å²) < 4.78 is 9.92. The van der Waals surface area contributed by atoms with Crippen molar-refractivity contribution >= 4 is 18.0 Å². The zero-order chi connectivity index (χ0) is 23.9. The predicted molar refractivity (Wildman–Crippen MR) is 123 cm³/mol. The first-order valence-electron chi connectivity index (χ1n) is 11.0. The van der Waals surface area contributed by atoms with Crippen LogP contribution >= 0.6 is 0 Å². The average molecular weight is 437 g/mol. The Hall–Kier alpha value is -2.57. The van der Waals surface area contributed by atoms with E-state index in [2.05, 4.69) is 10.6 Å². The van der Waals surface area contributed by atoms with Crippen molar-refractivity contribution < 1.29 is 23.9 Å². The smallest absolute Gasteiger partial charge is 0.408 e. The number of alkyl carbamates (subject to hydrolysis) is 1. The summed E-state index contributed by atoms with van der Waals surface area (Å²) in [5, 5.41) is 5.43. The summed E-state index contributed by atoms with van der Waals surface area (Å²) >= 11 is 0. The highest BCUT2D eigenvalue weighted by atomic mass is 16.6. The van der Waals surface area contributed by atoms with Gasteiger partial charge in [-0.05, 0) is 58.9 Å². The second-order valence-corrected chi connectivity index (χ2v) is 8.05. The van der Waals surface area contributed by atoms with Gasteiger partial charge in [0.05, 0.1) is 7.11 Å². The van der Waals surface area contributed by atoms with E-state index in [9.17, 15) is 14.4 Å². The van der Waals surface area contributed by atoms with E-state index in [1.807, 2.05) is 45.0 Å². The highest BCUT2D eigenvalue weighted by Gasteiger charge is 2.24. The number of benzene rings is 1. The highest BCUT2D eigenvalue weighted by Crippen LogP contribution is 2.09. The summed E-state index contributed by atoms with van der Waals surface area (Å²) in [6, 6.07) is 7.37. The van der Waals surface area contributed by atoms with Gasteiger partial charge in [0.25, 0.3) is 0 Å². The van der Waals surface area contributed by atoms with E-state index >= 15 is 0 Å². The zero-order valence-electron chi connectivity index (χ0n) is 20.2. The number of hydrogen-bond donors (Lipinski definition) is 2. The fraction of sp³-hybridized carbons (Fsp3) is 0.625. The van der Waals surface area contributed by atoms with E-state index in [0.717, 1.165) is 5.56 Å². The molecule has 0 saturated carbocycles. The van der Waals surface area contributed by atoms with E-state index in [-0.39, 0.29) is 5.91 Å². The molecule has 2 N–H and O–H groups in total. The first-order valence-corrected chi connectivity index (χ1v) is 11.0. The monoisotopic (exact) mass is 436 g/mol. The van der Waals surface area contributed by atoms with Gasteiger partial charge < -0.3 is 20.1 Å². The molecule has 0 aliphatic rings. The summed E-state index contributed by atoms with van der Waals surface area (Å²) in [5.74, 6) is -0.514. The molecule has 0 aromatic heterocycles. The minimum absolute atomic E-state index is 0.00183. The van der Waals surface area contributed by atoms with Crippen LogP contribution < -0.4 is 10.6 Å². The van der Waals surface area contributed by atoms with Crippen LogP contribution in [0, 0.1) is 6.92 Å². The van der Waals surface area contributed by atoms with Crippen molar-refractivity contribution in [3.8, 4) is 0 Å². The van der Waals surface area contributed by atoms with Crippen molar-refractivity contribution in [1.82, 2.24) is 10.6 Å². The maximum absolute atomic E-state index is 12.0. The lowest BCUT2D eigenvalue weighted by atomic mass is 10.1. The van der Waals surface area contributed by atoms with Crippen molar-refractivity contribution in [3.05, 3.63) is 35.4 Å². The topological polar surface area (TPSA) is 93.7 Å². The lowest BCUT2D eigenvalue weighted by Crippen LogP contribution is -2.44. The van der Waals surface area contributed by atoms with Crippen LogP contribution in [0.25, 0.3) is 0 Å². The number of rotatable bonds is 10. The molecule has 0 bridgehead atoms. The zero-order valence-corrected chi connectivity index (χ0v) is 20.2. The fourth-order valence-electron chi connectivity index (χ4n) is 2.64. The highest BCUT2D eigenvalue weighted by molar-refractivity contribution is 5.81. The summed E-state index contributed by atoms with van der Waals surface area (Å²) in [4.78, 5) is 35.7. The fourth-order valence-corrected chi connectivity index (χ4v) is 2.64.